The molecule has 0 heterocycles. The van der Waals surface area contributed by atoms with Crippen LogP contribution in [0.15, 0.2) is 42.5 Å². The van der Waals surface area contributed by atoms with Crippen molar-refractivity contribution in [3.05, 3.63) is 59.2 Å². The number of hydrogen-bond acceptors (Lipinski definition) is 2. The Bertz CT molecular complexity index is 709. The molecule has 2 rings (SSSR count). The Hall–Kier alpha value is -2.29. The summed E-state index contributed by atoms with van der Waals surface area (Å²) in [4.78, 5) is 12.5. The van der Waals surface area contributed by atoms with Crippen LogP contribution in [0.25, 0.3) is 0 Å². The van der Waals surface area contributed by atoms with E-state index < -0.39 is 6.10 Å². The van der Waals surface area contributed by atoms with E-state index in [1.54, 1.807) is 6.92 Å². The summed E-state index contributed by atoms with van der Waals surface area (Å²) >= 11 is 0. The van der Waals surface area contributed by atoms with E-state index in [1.807, 2.05) is 50.2 Å². The molecule has 0 saturated heterocycles. The fourth-order valence-electron chi connectivity index (χ4n) is 2.58. The van der Waals surface area contributed by atoms with Gasteiger partial charge >= 0.3 is 0 Å². The highest BCUT2D eigenvalue weighted by Crippen LogP contribution is 2.29. The van der Waals surface area contributed by atoms with Gasteiger partial charge in [0.25, 0.3) is 5.91 Å². The molecule has 128 valence electrons. The van der Waals surface area contributed by atoms with Gasteiger partial charge in [-0.2, -0.15) is 0 Å². The molecule has 2 atom stereocenters. The first-order valence-electron chi connectivity index (χ1n) is 8.56. The van der Waals surface area contributed by atoms with Gasteiger partial charge in [0.05, 0.1) is 0 Å². The van der Waals surface area contributed by atoms with Gasteiger partial charge in [-0.3, -0.25) is 4.79 Å². The lowest BCUT2D eigenvalue weighted by atomic mass is 9.98. The molecule has 0 aliphatic carbocycles. The van der Waals surface area contributed by atoms with Crippen molar-refractivity contribution < 1.29 is 9.53 Å². The first-order valence-corrected chi connectivity index (χ1v) is 8.56. The summed E-state index contributed by atoms with van der Waals surface area (Å²) in [6, 6.07) is 13.9. The lowest BCUT2D eigenvalue weighted by Gasteiger charge is -2.20. The van der Waals surface area contributed by atoms with Crippen molar-refractivity contribution in [3.63, 3.8) is 0 Å². The van der Waals surface area contributed by atoms with E-state index in [9.17, 15) is 4.79 Å². The topological polar surface area (TPSA) is 38.3 Å². The number of carbonyl (C=O) groups excluding carboxylic acids is 1. The van der Waals surface area contributed by atoms with E-state index in [0.717, 1.165) is 34.5 Å². The second kappa shape index (κ2) is 8.00. The molecular formula is C21H27NO2. The highest BCUT2D eigenvalue weighted by Gasteiger charge is 2.18. The summed E-state index contributed by atoms with van der Waals surface area (Å²) in [6.07, 6.45) is 0.471. The molecule has 1 amide bonds. The van der Waals surface area contributed by atoms with Gasteiger partial charge in [0.15, 0.2) is 6.10 Å². The zero-order chi connectivity index (χ0) is 17.7. The fraction of sp³-hybridized carbons (Fsp3) is 0.381. The largest absolute Gasteiger partial charge is 0.481 e. The molecule has 0 spiro atoms. The Labute approximate surface area is 145 Å². The summed E-state index contributed by atoms with van der Waals surface area (Å²) < 4.78 is 5.96. The number of rotatable bonds is 6. The Kier molecular flexibility index (Phi) is 6.02. The summed E-state index contributed by atoms with van der Waals surface area (Å²) in [5.74, 6) is 1.05. The van der Waals surface area contributed by atoms with Crippen LogP contribution in [0.2, 0.25) is 0 Å². The third kappa shape index (κ3) is 4.16. The Morgan fingerprint density at radius 1 is 1.08 bits per heavy atom. The van der Waals surface area contributed by atoms with Crippen molar-refractivity contribution in [1.29, 1.82) is 0 Å². The van der Waals surface area contributed by atoms with Crippen molar-refractivity contribution in [2.75, 3.05) is 5.32 Å². The minimum Gasteiger partial charge on any atom is -0.481 e. The van der Waals surface area contributed by atoms with Gasteiger partial charge in [0.1, 0.15) is 5.75 Å². The molecule has 3 nitrogen and oxygen atoms in total. The normalized spacial score (nSPS) is 13.2. The minimum absolute atomic E-state index is 0.136. The van der Waals surface area contributed by atoms with Crippen LogP contribution in [0.1, 0.15) is 49.8 Å². The molecule has 0 aromatic heterocycles. The van der Waals surface area contributed by atoms with E-state index in [0.29, 0.717) is 5.92 Å². The Balaban J connectivity index is 2.11. The zero-order valence-electron chi connectivity index (χ0n) is 15.2. The molecule has 24 heavy (non-hydrogen) atoms. The molecule has 2 aromatic carbocycles. The van der Waals surface area contributed by atoms with Gasteiger partial charge < -0.3 is 10.1 Å². The maximum absolute atomic E-state index is 12.5. The Morgan fingerprint density at radius 3 is 2.50 bits per heavy atom. The van der Waals surface area contributed by atoms with Crippen LogP contribution < -0.4 is 10.1 Å². The van der Waals surface area contributed by atoms with Gasteiger partial charge in [0, 0.05) is 5.69 Å². The molecule has 0 aliphatic rings. The summed E-state index contributed by atoms with van der Waals surface area (Å²) in [6.45, 7) is 10.1. The molecule has 0 bridgehead atoms. The van der Waals surface area contributed by atoms with Crippen molar-refractivity contribution >= 4 is 11.6 Å². The van der Waals surface area contributed by atoms with Crippen LogP contribution in [0.5, 0.6) is 5.75 Å². The lowest BCUT2D eigenvalue weighted by Crippen LogP contribution is -2.30. The number of benzene rings is 2. The smallest absolute Gasteiger partial charge is 0.265 e. The van der Waals surface area contributed by atoms with Crippen LogP contribution in [-0.2, 0) is 4.79 Å². The molecule has 0 radical (unpaired) electrons. The maximum Gasteiger partial charge on any atom is 0.265 e. The van der Waals surface area contributed by atoms with Crippen molar-refractivity contribution in [3.8, 4) is 5.75 Å². The van der Waals surface area contributed by atoms with E-state index in [2.05, 4.69) is 25.2 Å². The van der Waals surface area contributed by atoms with Crippen LogP contribution in [0.3, 0.4) is 0 Å². The lowest BCUT2D eigenvalue weighted by molar-refractivity contribution is -0.122. The molecule has 2 unspecified atom stereocenters. The molecule has 2 aromatic rings. The Morgan fingerprint density at radius 2 is 1.79 bits per heavy atom. The third-order valence-electron chi connectivity index (χ3n) is 4.60. The number of carbonyl (C=O) groups is 1. The molecule has 0 aliphatic heterocycles. The number of anilines is 1. The summed E-state index contributed by atoms with van der Waals surface area (Å²) in [5, 5.41) is 2.97. The predicted molar refractivity (Wildman–Crippen MR) is 99.8 cm³/mol. The second-order valence-corrected chi connectivity index (χ2v) is 6.34. The number of amides is 1. The highest BCUT2D eigenvalue weighted by atomic mass is 16.5. The van der Waals surface area contributed by atoms with E-state index >= 15 is 0 Å². The summed E-state index contributed by atoms with van der Waals surface area (Å²) in [5.41, 5.74) is 4.22. The monoisotopic (exact) mass is 325 g/mol. The molecular weight excluding hydrogens is 298 g/mol. The standard InChI is InChI=1S/C21H27NO2/c1-6-14(2)18-11-7-8-13-20(18)24-17(5)21(23)22-19-12-9-10-15(3)16(19)4/h7-14,17H,6H2,1-5H3,(H,22,23). The SMILES string of the molecule is CCC(C)c1ccccc1OC(C)C(=O)Nc1cccc(C)c1C. The quantitative estimate of drug-likeness (QED) is 0.790. The minimum atomic E-state index is -0.560. The molecule has 0 saturated carbocycles. The van der Waals surface area contributed by atoms with Crippen molar-refractivity contribution in [2.45, 2.75) is 53.1 Å². The van der Waals surface area contributed by atoms with Crippen LogP contribution in [-0.4, -0.2) is 12.0 Å². The van der Waals surface area contributed by atoms with Gasteiger partial charge in [-0.1, -0.05) is 44.2 Å². The average molecular weight is 325 g/mol. The summed E-state index contributed by atoms with van der Waals surface area (Å²) in [7, 11) is 0. The van der Waals surface area contributed by atoms with E-state index in [-0.39, 0.29) is 5.91 Å². The maximum atomic E-state index is 12.5. The first kappa shape index (κ1) is 18.1. The van der Waals surface area contributed by atoms with Gasteiger partial charge in [-0.15, -0.1) is 0 Å². The van der Waals surface area contributed by atoms with Crippen LogP contribution in [0, 0.1) is 13.8 Å². The number of nitrogens with one attached hydrogen (secondary N) is 1. The fourth-order valence-corrected chi connectivity index (χ4v) is 2.58. The average Bonchev–Trinajstić information content (AvgIpc) is 2.58. The first-order chi connectivity index (χ1) is 11.4. The van der Waals surface area contributed by atoms with Crippen molar-refractivity contribution in [2.24, 2.45) is 0 Å². The van der Waals surface area contributed by atoms with E-state index in [4.69, 9.17) is 4.74 Å². The van der Waals surface area contributed by atoms with Gasteiger partial charge in [-0.05, 0) is 61.9 Å². The van der Waals surface area contributed by atoms with Crippen molar-refractivity contribution in [1.82, 2.24) is 0 Å². The predicted octanol–water partition coefficient (Wildman–Crippen LogP) is 5.22. The van der Waals surface area contributed by atoms with Crippen LogP contribution in [0.4, 0.5) is 5.69 Å². The zero-order valence-corrected chi connectivity index (χ0v) is 15.2. The number of ether oxygens (including phenoxy) is 1. The van der Waals surface area contributed by atoms with E-state index in [1.165, 1.54) is 0 Å². The molecule has 1 N–H and O–H groups in total. The highest BCUT2D eigenvalue weighted by molar-refractivity contribution is 5.94. The number of para-hydroxylation sites is 1. The molecule has 3 heteroatoms. The number of aryl methyl sites for hydroxylation is 1. The third-order valence-corrected chi connectivity index (χ3v) is 4.60. The van der Waals surface area contributed by atoms with Gasteiger partial charge in [0.2, 0.25) is 0 Å². The number of hydrogen-bond donors (Lipinski definition) is 1. The van der Waals surface area contributed by atoms with Gasteiger partial charge in [-0.25, -0.2) is 0 Å². The van der Waals surface area contributed by atoms with Crippen LogP contribution >= 0.6 is 0 Å². The second-order valence-electron chi connectivity index (χ2n) is 6.34. The molecule has 0 fully saturated rings.